The molecule has 1 amide bonds. The first kappa shape index (κ1) is 23.1. The van der Waals surface area contributed by atoms with E-state index in [0.717, 1.165) is 20.3 Å². The maximum absolute atomic E-state index is 12.1. The van der Waals surface area contributed by atoms with Crippen LogP contribution in [0.3, 0.4) is 0 Å². The Morgan fingerprint density at radius 1 is 1.10 bits per heavy atom. The molecule has 7 heteroatoms. The van der Waals surface area contributed by atoms with Gasteiger partial charge in [-0.05, 0) is 58.8 Å². The van der Waals surface area contributed by atoms with Crippen molar-refractivity contribution >= 4 is 46.3 Å². The van der Waals surface area contributed by atoms with Crippen molar-refractivity contribution in [3.8, 4) is 11.5 Å². The van der Waals surface area contributed by atoms with Gasteiger partial charge in [-0.1, -0.05) is 60.1 Å². The molecular weight excluding hydrogens is 527 g/mol. The molecule has 3 aromatic carbocycles. The predicted octanol–water partition coefficient (Wildman–Crippen LogP) is 5.62. The van der Waals surface area contributed by atoms with Gasteiger partial charge in [-0.25, -0.2) is 5.43 Å². The highest BCUT2D eigenvalue weighted by molar-refractivity contribution is 14.1. The number of nitrogens with one attached hydrogen (secondary N) is 1. The number of amides is 1. The van der Waals surface area contributed by atoms with Crippen molar-refractivity contribution < 1.29 is 14.3 Å². The standard InChI is InChI=1S/C24H22ClIN2O3/c1-2-30-22-13-18(15-27-28-23(29)14-17-8-4-3-5-9-17)12-21(26)24(22)31-16-19-10-6-7-11-20(19)25/h3-13,15H,2,14,16H2,1H3,(H,28,29)/b27-15-. The predicted molar refractivity (Wildman–Crippen MR) is 132 cm³/mol. The van der Waals surface area contributed by atoms with E-state index < -0.39 is 0 Å². The molecular formula is C24H22ClIN2O3. The number of carbonyl (C=O) groups excluding carboxylic acids is 1. The first-order valence-electron chi connectivity index (χ1n) is 9.75. The van der Waals surface area contributed by atoms with E-state index in [9.17, 15) is 4.79 Å². The monoisotopic (exact) mass is 548 g/mol. The van der Waals surface area contributed by atoms with Crippen molar-refractivity contribution in [2.45, 2.75) is 20.0 Å². The van der Waals surface area contributed by atoms with Crippen LogP contribution in [0.1, 0.15) is 23.6 Å². The molecule has 0 saturated carbocycles. The van der Waals surface area contributed by atoms with Crippen LogP contribution in [0.5, 0.6) is 11.5 Å². The molecule has 0 aliphatic rings. The molecule has 0 aromatic heterocycles. The number of carbonyl (C=O) groups is 1. The number of hydrogen-bond donors (Lipinski definition) is 1. The lowest BCUT2D eigenvalue weighted by molar-refractivity contribution is -0.120. The van der Waals surface area contributed by atoms with Crippen molar-refractivity contribution in [3.05, 3.63) is 92.0 Å². The summed E-state index contributed by atoms with van der Waals surface area (Å²) in [6.07, 6.45) is 1.86. The minimum absolute atomic E-state index is 0.179. The summed E-state index contributed by atoms with van der Waals surface area (Å²) < 4.78 is 12.7. The minimum Gasteiger partial charge on any atom is -0.490 e. The average molecular weight is 549 g/mol. The molecule has 0 bridgehead atoms. The molecule has 3 aromatic rings. The minimum atomic E-state index is -0.179. The molecule has 31 heavy (non-hydrogen) atoms. The quantitative estimate of drug-likeness (QED) is 0.215. The van der Waals surface area contributed by atoms with Crippen LogP contribution in [-0.4, -0.2) is 18.7 Å². The smallest absolute Gasteiger partial charge is 0.244 e. The zero-order valence-corrected chi connectivity index (χ0v) is 19.9. The van der Waals surface area contributed by atoms with E-state index in [2.05, 4.69) is 33.1 Å². The zero-order chi connectivity index (χ0) is 22.1. The number of hydrogen-bond acceptors (Lipinski definition) is 4. The van der Waals surface area contributed by atoms with Gasteiger partial charge < -0.3 is 9.47 Å². The van der Waals surface area contributed by atoms with Gasteiger partial charge in [-0.2, -0.15) is 5.10 Å². The van der Waals surface area contributed by atoms with E-state index in [-0.39, 0.29) is 12.3 Å². The number of halogens is 2. The van der Waals surface area contributed by atoms with E-state index in [1.165, 1.54) is 0 Å². The van der Waals surface area contributed by atoms with Gasteiger partial charge in [-0.3, -0.25) is 4.79 Å². The maximum Gasteiger partial charge on any atom is 0.244 e. The van der Waals surface area contributed by atoms with Gasteiger partial charge in [0.25, 0.3) is 0 Å². The lowest BCUT2D eigenvalue weighted by Gasteiger charge is -2.15. The Balaban J connectivity index is 1.68. The van der Waals surface area contributed by atoms with Crippen LogP contribution in [0.15, 0.2) is 71.8 Å². The average Bonchev–Trinajstić information content (AvgIpc) is 2.75. The third kappa shape index (κ3) is 6.97. The van der Waals surface area contributed by atoms with Gasteiger partial charge in [0.2, 0.25) is 5.91 Å². The normalized spacial score (nSPS) is 10.8. The van der Waals surface area contributed by atoms with E-state index in [0.29, 0.717) is 29.7 Å². The summed E-state index contributed by atoms with van der Waals surface area (Å²) >= 11 is 8.42. The van der Waals surface area contributed by atoms with Crippen LogP contribution in [0, 0.1) is 3.57 Å². The first-order valence-corrected chi connectivity index (χ1v) is 11.2. The maximum atomic E-state index is 12.1. The Hall–Kier alpha value is -2.58. The Morgan fingerprint density at radius 2 is 1.84 bits per heavy atom. The highest BCUT2D eigenvalue weighted by atomic mass is 127. The molecule has 1 N–H and O–H groups in total. The van der Waals surface area contributed by atoms with Crippen molar-refractivity contribution in [1.82, 2.24) is 5.43 Å². The molecule has 0 spiro atoms. The summed E-state index contributed by atoms with van der Waals surface area (Å²) in [4.78, 5) is 12.1. The Bertz CT molecular complexity index is 1060. The van der Waals surface area contributed by atoms with Gasteiger partial charge in [0, 0.05) is 10.6 Å². The summed E-state index contributed by atoms with van der Waals surface area (Å²) in [6, 6.07) is 20.8. The molecule has 0 unspecified atom stereocenters. The molecule has 0 heterocycles. The van der Waals surface area contributed by atoms with Crippen molar-refractivity contribution in [2.75, 3.05) is 6.61 Å². The lowest BCUT2D eigenvalue weighted by Crippen LogP contribution is -2.19. The SMILES string of the molecule is CCOc1cc(/C=N\NC(=O)Cc2ccccc2)cc(I)c1OCc1ccccc1Cl. The van der Waals surface area contributed by atoms with E-state index in [1.54, 1.807) is 6.21 Å². The van der Waals surface area contributed by atoms with E-state index in [1.807, 2.05) is 73.7 Å². The molecule has 0 radical (unpaired) electrons. The Morgan fingerprint density at radius 3 is 2.58 bits per heavy atom. The van der Waals surface area contributed by atoms with E-state index in [4.69, 9.17) is 21.1 Å². The van der Waals surface area contributed by atoms with Gasteiger partial charge in [0.05, 0.1) is 22.8 Å². The highest BCUT2D eigenvalue weighted by Crippen LogP contribution is 2.35. The summed E-state index contributed by atoms with van der Waals surface area (Å²) in [7, 11) is 0. The van der Waals surface area contributed by atoms with Crippen LogP contribution in [0.2, 0.25) is 5.02 Å². The molecule has 0 saturated heterocycles. The number of hydrazone groups is 1. The molecule has 0 atom stereocenters. The molecule has 3 rings (SSSR count). The van der Waals surface area contributed by atoms with Crippen molar-refractivity contribution in [3.63, 3.8) is 0 Å². The summed E-state index contributed by atoms with van der Waals surface area (Å²) in [5, 5.41) is 4.73. The molecule has 0 fully saturated rings. The van der Waals surface area contributed by atoms with Crippen LogP contribution in [0.25, 0.3) is 0 Å². The van der Waals surface area contributed by atoms with Gasteiger partial charge in [-0.15, -0.1) is 0 Å². The molecule has 0 aliphatic heterocycles. The zero-order valence-electron chi connectivity index (χ0n) is 17.0. The van der Waals surface area contributed by atoms with Crippen LogP contribution in [0.4, 0.5) is 0 Å². The van der Waals surface area contributed by atoms with Crippen molar-refractivity contribution in [2.24, 2.45) is 5.10 Å². The highest BCUT2D eigenvalue weighted by Gasteiger charge is 2.13. The second-order valence-electron chi connectivity index (χ2n) is 6.60. The Labute approximate surface area is 200 Å². The Kier molecular flexibility index (Phi) is 8.73. The van der Waals surface area contributed by atoms with Gasteiger partial charge in [0.15, 0.2) is 11.5 Å². The van der Waals surface area contributed by atoms with Gasteiger partial charge in [0.1, 0.15) is 6.61 Å². The molecule has 160 valence electrons. The fraction of sp³-hybridized carbons (Fsp3) is 0.167. The van der Waals surface area contributed by atoms with Crippen molar-refractivity contribution in [1.29, 1.82) is 0 Å². The number of rotatable bonds is 9. The third-order valence-corrected chi connectivity index (χ3v) is 5.44. The van der Waals surface area contributed by atoms with Crippen LogP contribution >= 0.6 is 34.2 Å². The second-order valence-corrected chi connectivity index (χ2v) is 8.17. The van der Waals surface area contributed by atoms with E-state index >= 15 is 0 Å². The first-order chi connectivity index (χ1) is 15.1. The second kappa shape index (κ2) is 11.7. The largest absolute Gasteiger partial charge is 0.490 e. The van der Waals surface area contributed by atoms with Crippen LogP contribution in [-0.2, 0) is 17.8 Å². The molecule has 0 aliphatic carbocycles. The summed E-state index contributed by atoms with van der Waals surface area (Å²) in [5.41, 5.74) is 5.18. The summed E-state index contributed by atoms with van der Waals surface area (Å²) in [6.45, 7) is 2.74. The third-order valence-electron chi connectivity index (χ3n) is 4.27. The number of benzene rings is 3. The number of nitrogens with zero attached hydrogens (tertiary/aromatic N) is 1. The summed E-state index contributed by atoms with van der Waals surface area (Å²) in [5.74, 6) is 1.08. The van der Waals surface area contributed by atoms with Crippen LogP contribution < -0.4 is 14.9 Å². The lowest BCUT2D eigenvalue weighted by atomic mass is 10.1. The molecule has 5 nitrogen and oxygen atoms in total. The fourth-order valence-electron chi connectivity index (χ4n) is 2.83. The fourth-order valence-corrected chi connectivity index (χ4v) is 3.80. The number of ether oxygens (including phenoxy) is 2. The topological polar surface area (TPSA) is 59.9 Å². The van der Waals surface area contributed by atoms with Gasteiger partial charge >= 0.3 is 0 Å².